The van der Waals surface area contributed by atoms with Gasteiger partial charge >= 0.3 is 0 Å². The third kappa shape index (κ3) is 5.95. The average molecular weight is 590 g/mol. The summed E-state index contributed by atoms with van der Waals surface area (Å²) in [6, 6.07) is 20.1. The third-order valence-electron chi connectivity index (χ3n) is 8.28. The molecule has 2 aromatic carbocycles. The monoisotopic (exact) mass is 589 g/mol. The molecule has 1 saturated carbocycles. The summed E-state index contributed by atoms with van der Waals surface area (Å²) in [5.74, 6) is 2.22. The van der Waals surface area contributed by atoms with Gasteiger partial charge in [0.15, 0.2) is 10.8 Å². The molecule has 214 valence electrons. The molecule has 8 nitrogen and oxygen atoms in total. The molecule has 2 aromatic heterocycles. The molecule has 41 heavy (non-hydrogen) atoms. The first kappa shape index (κ1) is 27.7. The molecule has 0 unspecified atom stereocenters. The minimum absolute atomic E-state index is 0.0164. The van der Waals surface area contributed by atoms with Gasteiger partial charge < -0.3 is 10.1 Å². The van der Waals surface area contributed by atoms with E-state index in [0.717, 1.165) is 36.4 Å². The number of hydrogen-bond acceptors (Lipinski definition) is 8. The molecule has 1 saturated heterocycles. The molecule has 3 heterocycles. The van der Waals surface area contributed by atoms with Crippen LogP contribution in [0.4, 0.5) is 11.5 Å². The smallest absolute Gasteiger partial charge is 0.283 e. The zero-order chi connectivity index (χ0) is 28.4. The Morgan fingerprint density at radius 3 is 2.39 bits per heavy atom. The quantitative estimate of drug-likeness (QED) is 0.259. The van der Waals surface area contributed by atoms with Crippen LogP contribution in [0, 0.1) is 18.8 Å². The van der Waals surface area contributed by atoms with E-state index in [0.29, 0.717) is 29.4 Å². The first-order chi connectivity index (χ1) is 19.9. The Balaban J connectivity index is 1.18. The van der Waals surface area contributed by atoms with E-state index in [4.69, 9.17) is 4.74 Å². The maximum absolute atomic E-state index is 13.9. The molecule has 0 spiro atoms. The van der Waals surface area contributed by atoms with Crippen molar-refractivity contribution in [2.24, 2.45) is 11.8 Å². The van der Waals surface area contributed by atoms with Crippen molar-refractivity contribution in [3.8, 4) is 5.75 Å². The van der Waals surface area contributed by atoms with Gasteiger partial charge in [0.05, 0.1) is 31.0 Å². The number of aromatic nitrogens is 2. The Labute approximate surface area is 246 Å². The minimum Gasteiger partial charge on any atom is -0.497 e. The van der Waals surface area contributed by atoms with E-state index in [1.54, 1.807) is 30.3 Å². The fourth-order valence-corrected chi connectivity index (χ4v) is 8.16. The molecule has 3 atom stereocenters. The zero-order valence-electron chi connectivity index (χ0n) is 23.3. The second kappa shape index (κ2) is 11.8. The SMILES string of the molecule is COc1ccc(CN(c2cscn2)S(=O)(=O)c2cc(C)c(N[C@@H]3[C@@H]4CC[C@H]3CN(Cc3ccccc3)C4)cn2)cc1. The van der Waals surface area contributed by atoms with Gasteiger partial charge in [-0.05, 0) is 66.5 Å². The lowest BCUT2D eigenvalue weighted by atomic mass is 9.91. The summed E-state index contributed by atoms with van der Waals surface area (Å²) in [5, 5.41) is 5.52. The number of rotatable bonds is 10. The van der Waals surface area contributed by atoms with Crippen LogP contribution in [0.25, 0.3) is 0 Å². The van der Waals surface area contributed by atoms with Crippen molar-refractivity contribution in [3.05, 3.63) is 94.4 Å². The number of likely N-dealkylation sites (tertiary alicyclic amines) is 1. The van der Waals surface area contributed by atoms with Crippen LogP contribution in [0.1, 0.15) is 29.5 Å². The number of aryl methyl sites for hydroxylation is 1. The van der Waals surface area contributed by atoms with Crippen molar-refractivity contribution in [1.29, 1.82) is 0 Å². The van der Waals surface area contributed by atoms with E-state index in [-0.39, 0.29) is 11.6 Å². The van der Waals surface area contributed by atoms with Crippen LogP contribution in [-0.4, -0.2) is 49.5 Å². The van der Waals surface area contributed by atoms with Crippen LogP contribution in [0.15, 0.2) is 82.8 Å². The number of thiazole rings is 1. The van der Waals surface area contributed by atoms with Gasteiger partial charge in [0.25, 0.3) is 10.0 Å². The average Bonchev–Trinajstić information content (AvgIpc) is 3.59. The van der Waals surface area contributed by atoms with E-state index >= 15 is 0 Å². The summed E-state index contributed by atoms with van der Waals surface area (Å²) in [7, 11) is -2.35. The van der Waals surface area contributed by atoms with Gasteiger partial charge in [-0.25, -0.2) is 14.3 Å². The Morgan fingerprint density at radius 1 is 1.02 bits per heavy atom. The standard InChI is InChI=1S/C31H35N5O3S2/c1-22-14-30(41(37,38)36(29-20-40-21-33-29)17-24-8-12-27(39-2)13-9-24)32-15-28(22)34-31-25-10-11-26(31)19-35(18-25)16-23-6-4-3-5-7-23/h3-9,12-15,20-21,25-26,31,34H,10-11,16-19H2,1-2H3/t25-,26+,31-. The summed E-state index contributed by atoms with van der Waals surface area (Å²) >= 11 is 1.36. The molecule has 2 aliphatic rings. The number of nitrogens with one attached hydrogen (secondary N) is 1. The third-order valence-corrected chi connectivity index (χ3v) is 10.5. The molecular formula is C31H35N5O3S2. The van der Waals surface area contributed by atoms with Gasteiger partial charge in [0.2, 0.25) is 0 Å². The van der Waals surface area contributed by atoms with E-state index in [9.17, 15) is 8.42 Å². The zero-order valence-corrected chi connectivity index (χ0v) is 24.9. The molecule has 1 aliphatic heterocycles. The van der Waals surface area contributed by atoms with E-state index in [2.05, 4.69) is 50.5 Å². The molecule has 0 radical (unpaired) electrons. The second-order valence-electron chi connectivity index (χ2n) is 11.0. The molecule has 6 rings (SSSR count). The van der Waals surface area contributed by atoms with E-state index < -0.39 is 10.0 Å². The number of pyridine rings is 1. The Hall–Kier alpha value is -3.47. The largest absolute Gasteiger partial charge is 0.497 e. The van der Waals surface area contributed by atoms with Crippen LogP contribution >= 0.6 is 11.3 Å². The van der Waals surface area contributed by atoms with Crippen molar-refractivity contribution < 1.29 is 13.2 Å². The number of benzene rings is 2. The number of ether oxygens (including phenoxy) is 1. The van der Waals surface area contributed by atoms with Gasteiger partial charge in [-0.3, -0.25) is 4.90 Å². The lowest BCUT2D eigenvalue weighted by molar-refractivity contribution is 0.148. The molecular weight excluding hydrogens is 555 g/mol. The Bertz CT molecular complexity index is 1550. The van der Waals surface area contributed by atoms with Gasteiger partial charge in [-0.15, -0.1) is 11.3 Å². The molecule has 4 aromatic rings. The summed E-state index contributed by atoms with van der Waals surface area (Å²) in [6.45, 7) is 5.21. The number of hydrogen-bond donors (Lipinski definition) is 1. The van der Waals surface area contributed by atoms with Crippen LogP contribution in [0.2, 0.25) is 0 Å². The summed E-state index contributed by atoms with van der Waals surface area (Å²) < 4.78 is 34.3. The first-order valence-electron chi connectivity index (χ1n) is 13.9. The van der Waals surface area contributed by atoms with Crippen molar-refractivity contribution in [2.75, 3.05) is 29.8 Å². The van der Waals surface area contributed by atoms with Crippen LogP contribution < -0.4 is 14.4 Å². The number of nitrogens with zero attached hydrogens (tertiary/aromatic N) is 4. The van der Waals surface area contributed by atoms with Crippen molar-refractivity contribution in [1.82, 2.24) is 14.9 Å². The Kier molecular flexibility index (Phi) is 7.96. The number of methoxy groups -OCH3 is 1. The van der Waals surface area contributed by atoms with Gasteiger partial charge in [0, 0.05) is 31.1 Å². The molecule has 1 N–H and O–H groups in total. The summed E-state index contributed by atoms with van der Waals surface area (Å²) in [5.41, 5.74) is 5.59. The second-order valence-corrected chi connectivity index (χ2v) is 13.5. The normalized spacial score (nSPS) is 20.6. The van der Waals surface area contributed by atoms with E-state index in [1.165, 1.54) is 34.0 Å². The summed E-state index contributed by atoms with van der Waals surface area (Å²) in [4.78, 5) is 11.4. The van der Waals surface area contributed by atoms with Crippen LogP contribution in [-0.2, 0) is 23.1 Å². The van der Waals surface area contributed by atoms with Gasteiger partial charge in [-0.2, -0.15) is 8.42 Å². The van der Waals surface area contributed by atoms with Crippen molar-refractivity contribution in [2.45, 2.75) is 43.9 Å². The lowest BCUT2D eigenvalue weighted by Crippen LogP contribution is -2.47. The predicted octanol–water partition coefficient (Wildman–Crippen LogP) is 5.57. The van der Waals surface area contributed by atoms with E-state index in [1.807, 2.05) is 31.2 Å². The lowest BCUT2D eigenvalue weighted by Gasteiger charge is -2.39. The molecule has 1 aliphatic carbocycles. The van der Waals surface area contributed by atoms with Gasteiger partial charge in [-0.1, -0.05) is 42.5 Å². The van der Waals surface area contributed by atoms with Crippen LogP contribution in [0.5, 0.6) is 5.75 Å². The maximum Gasteiger partial charge on any atom is 0.283 e. The van der Waals surface area contributed by atoms with Crippen molar-refractivity contribution >= 4 is 32.9 Å². The maximum atomic E-state index is 13.9. The topological polar surface area (TPSA) is 87.7 Å². The van der Waals surface area contributed by atoms with Crippen molar-refractivity contribution in [3.63, 3.8) is 0 Å². The highest BCUT2D eigenvalue weighted by molar-refractivity contribution is 7.92. The molecule has 0 amide bonds. The Morgan fingerprint density at radius 2 is 1.76 bits per heavy atom. The number of anilines is 2. The highest BCUT2D eigenvalue weighted by Gasteiger charge is 2.42. The molecule has 10 heteroatoms. The van der Waals surface area contributed by atoms with Crippen LogP contribution in [0.3, 0.4) is 0 Å². The first-order valence-corrected chi connectivity index (χ1v) is 16.3. The fraction of sp³-hybridized carbons (Fsp3) is 0.355. The highest BCUT2D eigenvalue weighted by Crippen LogP contribution is 2.39. The highest BCUT2D eigenvalue weighted by atomic mass is 32.2. The number of sulfonamides is 1. The van der Waals surface area contributed by atoms with Gasteiger partial charge in [0.1, 0.15) is 5.75 Å². The fourth-order valence-electron chi connectivity index (χ4n) is 6.16. The summed E-state index contributed by atoms with van der Waals surface area (Å²) in [6.07, 6.45) is 4.10. The number of piperidine rings is 1. The minimum atomic E-state index is -3.96. The molecule has 2 fully saturated rings. The molecule has 2 bridgehead atoms. The predicted molar refractivity (Wildman–Crippen MR) is 163 cm³/mol. The number of fused-ring (bicyclic) bond motifs is 2.